The summed E-state index contributed by atoms with van der Waals surface area (Å²) in [5, 5.41) is 3.80. The van der Waals surface area contributed by atoms with Crippen LogP contribution >= 0.6 is 11.8 Å². The molecule has 21 heavy (non-hydrogen) atoms. The minimum absolute atomic E-state index is 0.611. The number of aryl methyl sites for hydroxylation is 1. The Hall–Kier alpha value is -1.69. The van der Waals surface area contributed by atoms with Crippen LogP contribution in [0.3, 0.4) is 0 Å². The molecule has 0 saturated heterocycles. The highest BCUT2D eigenvalue weighted by Crippen LogP contribution is 2.32. The van der Waals surface area contributed by atoms with Crippen LogP contribution in [0.1, 0.15) is 24.7 Å². The summed E-state index contributed by atoms with van der Waals surface area (Å²) in [6.45, 7) is 3.97. The number of rotatable bonds is 5. The van der Waals surface area contributed by atoms with Gasteiger partial charge in [-0.05, 0) is 31.5 Å². The molecule has 0 fully saturated rings. The van der Waals surface area contributed by atoms with E-state index in [0.29, 0.717) is 4.90 Å². The molecule has 0 saturated carbocycles. The van der Waals surface area contributed by atoms with Gasteiger partial charge in [-0.1, -0.05) is 18.7 Å². The number of aromatic nitrogens is 2. The SMILES string of the molecule is CCCc1nc(NC)c(C)c(Sc2ccc(F)c(F)c2)n1. The van der Waals surface area contributed by atoms with Crippen LogP contribution < -0.4 is 5.32 Å². The van der Waals surface area contributed by atoms with Crippen molar-refractivity contribution in [2.75, 3.05) is 12.4 Å². The Morgan fingerprint density at radius 2 is 1.95 bits per heavy atom. The summed E-state index contributed by atoms with van der Waals surface area (Å²) in [6.07, 6.45) is 1.72. The first-order chi connectivity index (χ1) is 10.0. The van der Waals surface area contributed by atoms with Gasteiger partial charge in [0.15, 0.2) is 11.6 Å². The van der Waals surface area contributed by atoms with Crippen LogP contribution in [0, 0.1) is 18.6 Å². The van der Waals surface area contributed by atoms with Gasteiger partial charge in [0.25, 0.3) is 0 Å². The van der Waals surface area contributed by atoms with Gasteiger partial charge in [-0.15, -0.1) is 0 Å². The maximum absolute atomic E-state index is 13.3. The smallest absolute Gasteiger partial charge is 0.159 e. The van der Waals surface area contributed by atoms with Gasteiger partial charge in [0.1, 0.15) is 16.7 Å². The molecule has 0 atom stereocenters. The van der Waals surface area contributed by atoms with Gasteiger partial charge in [0.05, 0.1) is 0 Å². The number of halogens is 2. The Morgan fingerprint density at radius 3 is 2.57 bits per heavy atom. The number of hydrogen-bond acceptors (Lipinski definition) is 4. The molecule has 1 heterocycles. The lowest BCUT2D eigenvalue weighted by atomic mass is 10.3. The zero-order chi connectivity index (χ0) is 15.4. The van der Waals surface area contributed by atoms with Crippen LogP contribution in [0.5, 0.6) is 0 Å². The predicted molar refractivity (Wildman–Crippen MR) is 80.8 cm³/mol. The van der Waals surface area contributed by atoms with E-state index in [9.17, 15) is 8.78 Å². The molecule has 0 radical (unpaired) electrons. The van der Waals surface area contributed by atoms with Crippen molar-refractivity contribution >= 4 is 17.6 Å². The molecule has 0 amide bonds. The van der Waals surface area contributed by atoms with Crippen molar-refractivity contribution in [3.05, 3.63) is 41.2 Å². The van der Waals surface area contributed by atoms with Crippen LogP contribution in [-0.2, 0) is 6.42 Å². The summed E-state index contributed by atoms with van der Waals surface area (Å²) in [5.41, 5.74) is 0.895. The molecule has 1 aromatic carbocycles. The molecule has 0 aliphatic rings. The van der Waals surface area contributed by atoms with Crippen molar-refractivity contribution in [1.29, 1.82) is 0 Å². The van der Waals surface area contributed by atoms with E-state index >= 15 is 0 Å². The lowest BCUT2D eigenvalue weighted by Crippen LogP contribution is -2.04. The van der Waals surface area contributed by atoms with Crippen LogP contribution in [0.25, 0.3) is 0 Å². The van der Waals surface area contributed by atoms with Crippen LogP contribution in [0.2, 0.25) is 0 Å². The summed E-state index contributed by atoms with van der Waals surface area (Å²) in [7, 11) is 1.80. The second-order valence-electron chi connectivity index (χ2n) is 4.60. The lowest BCUT2D eigenvalue weighted by molar-refractivity contribution is 0.506. The lowest BCUT2D eigenvalue weighted by Gasteiger charge is -2.11. The number of nitrogens with zero attached hydrogens (tertiary/aromatic N) is 2. The molecule has 2 rings (SSSR count). The summed E-state index contributed by atoms with van der Waals surface area (Å²) < 4.78 is 26.3. The second kappa shape index (κ2) is 6.85. The first-order valence-electron chi connectivity index (χ1n) is 6.73. The van der Waals surface area contributed by atoms with Crippen molar-refractivity contribution in [3.63, 3.8) is 0 Å². The van der Waals surface area contributed by atoms with Gasteiger partial charge < -0.3 is 5.32 Å². The molecular weight excluding hydrogens is 292 g/mol. The Kier molecular flexibility index (Phi) is 5.12. The largest absolute Gasteiger partial charge is 0.373 e. The number of anilines is 1. The third-order valence-electron chi connectivity index (χ3n) is 2.96. The molecule has 2 aromatic rings. The number of nitrogens with one attached hydrogen (secondary N) is 1. The fraction of sp³-hybridized carbons (Fsp3) is 0.333. The predicted octanol–water partition coefficient (Wildman–Crippen LogP) is 4.21. The van der Waals surface area contributed by atoms with E-state index < -0.39 is 11.6 Å². The molecule has 1 N–H and O–H groups in total. The van der Waals surface area contributed by atoms with E-state index in [-0.39, 0.29) is 0 Å². The first kappa shape index (κ1) is 15.7. The van der Waals surface area contributed by atoms with Gasteiger partial charge in [-0.2, -0.15) is 0 Å². The fourth-order valence-corrected chi connectivity index (χ4v) is 2.79. The van der Waals surface area contributed by atoms with E-state index in [0.717, 1.165) is 41.1 Å². The van der Waals surface area contributed by atoms with Gasteiger partial charge in [-0.25, -0.2) is 18.7 Å². The second-order valence-corrected chi connectivity index (χ2v) is 5.66. The molecule has 0 spiro atoms. The minimum atomic E-state index is -0.852. The molecule has 0 aliphatic heterocycles. The Bertz CT molecular complexity index is 647. The standard InChI is InChI=1S/C15H17F2N3S/c1-4-5-13-19-14(18-3)9(2)15(20-13)21-10-6-7-11(16)12(17)8-10/h6-8H,4-5H2,1-3H3,(H,18,19,20). The molecule has 0 unspecified atom stereocenters. The van der Waals surface area contributed by atoms with E-state index in [2.05, 4.69) is 22.2 Å². The zero-order valence-electron chi connectivity index (χ0n) is 12.2. The maximum atomic E-state index is 13.3. The van der Waals surface area contributed by atoms with Gasteiger partial charge in [0, 0.05) is 23.9 Å². The van der Waals surface area contributed by atoms with Crippen molar-refractivity contribution in [2.45, 2.75) is 36.6 Å². The van der Waals surface area contributed by atoms with Crippen LogP contribution in [0.15, 0.2) is 28.1 Å². The highest BCUT2D eigenvalue weighted by atomic mass is 32.2. The fourth-order valence-electron chi connectivity index (χ4n) is 1.87. The van der Waals surface area contributed by atoms with E-state index in [1.165, 1.54) is 17.8 Å². The topological polar surface area (TPSA) is 37.8 Å². The Balaban J connectivity index is 2.37. The van der Waals surface area contributed by atoms with Crippen molar-refractivity contribution < 1.29 is 8.78 Å². The van der Waals surface area contributed by atoms with Crippen LogP contribution in [0.4, 0.5) is 14.6 Å². The average molecular weight is 309 g/mol. The van der Waals surface area contributed by atoms with Gasteiger partial charge in [0.2, 0.25) is 0 Å². The van der Waals surface area contributed by atoms with Crippen molar-refractivity contribution in [1.82, 2.24) is 9.97 Å². The van der Waals surface area contributed by atoms with E-state index in [1.54, 1.807) is 13.1 Å². The Labute approximate surface area is 127 Å². The summed E-state index contributed by atoms with van der Waals surface area (Å²) >= 11 is 1.31. The quantitative estimate of drug-likeness (QED) is 0.840. The molecule has 3 nitrogen and oxygen atoms in total. The summed E-state index contributed by atoms with van der Waals surface area (Å²) in [4.78, 5) is 9.57. The van der Waals surface area contributed by atoms with Gasteiger partial charge >= 0.3 is 0 Å². The highest BCUT2D eigenvalue weighted by molar-refractivity contribution is 7.99. The zero-order valence-corrected chi connectivity index (χ0v) is 13.0. The van der Waals surface area contributed by atoms with Crippen molar-refractivity contribution in [2.24, 2.45) is 0 Å². The van der Waals surface area contributed by atoms with E-state index in [1.807, 2.05) is 6.92 Å². The van der Waals surface area contributed by atoms with E-state index in [4.69, 9.17) is 0 Å². The molecule has 6 heteroatoms. The first-order valence-corrected chi connectivity index (χ1v) is 7.55. The third kappa shape index (κ3) is 3.69. The molecule has 1 aromatic heterocycles. The highest BCUT2D eigenvalue weighted by Gasteiger charge is 2.12. The van der Waals surface area contributed by atoms with Crippen molar-refractivity contribution in [3.8, 4) is 0 Å². The van der Waals surface area contributed by atoms with Crippen LogP contribution in [-0.4, -0.2) is 17.0 Å². The third-order valence-corrected chi connectivity index (χ3v) is 4.04. The summed E-state index contributed by atoms with van der Waals surface area (Å²) in [5.74, 6) is -0.188. The molecule has 0 bridgehead atoms. The average Bonchev–Trinajstić information content (AvgIpc) is 2.46. The molecular formula is C15H17F2N3S. The molecule has 112 valence electrons. The number of benzene rings is 1. The molecule has 0 aliphatic carbocycles. The number of hydrogen-bond donors (Lipinski definition) is 1. The minimum Gasteiger partial charge on any atom is -0.373 e. The van der Waals surface area contributed by atoms with Gasteiger partial charge in [-0.3, -0.25) is 0 Å². The Morgan fingerprint density at radius 1 is 1.19 bits per heavy atom. The maximum Gasteiger partial charge on any atom is 0.159 e. The monoisotopic (exact) mass is 309 g/mol. The summed E-state index contributed by atoms with van der Waals surface area (Å²) in [6, 6.07) is 3.85. The normalized spacial score (nSPS) is 10.7.